The second-order valence-corrected chi connectivity index (χ2v) is 6.78. The zero-order valence-corrected chi connectivity index (χ0v) is 17.5. The van der Waals surface area contributed by atoms with Crippen LogP contribution in [0.4, 0.5) is 5.69 Å². The van der Waals surface area contributed by atoms with Crippen molar-refractivity contribution in [3.05, 3.63) is 41.6 Å². The summed E-state index contributed by atoms with van der Waals surface area (Å²) < 4.78 is 12.6. The van der Waals surface area contributed by atoms with Crippen LogP contribution in [0.15, 0.2) is 30.3 Å². The van der Waals surface area contributed by atoms with Gasteiger partial charge in [-0.3, -0.25) is 9.59 Å². The van der Waals surface area contributed by atoms with Gasteiger partial charge in [-0.1, -0.05) is 0 Å². The second-order valence-electron chi connectivity index (χ2n) is 6.78. The molecule has 0 fully saturated rings. The summed E-state index contributed by atoms with van der Waals surface area (Å²) in [5.74, 6) is 0.301. The topological polar surface area (TPSA) is 107 Å². The van der Waals surface area contributed by atoms with E-state index in [4.69, 9.17) is 9.47 Å². The molecule has 0 aliphatic rings. The largest absolute Gasteiger partial charge is 0.494 e. The van der Waals surface area contributed by atoms with Crippen LogP contribution in [-0.4, -0.2) is 46.3 Å². The Morgan fingerprint density at radius 2 is 1.83 bits per heavy atom. The number of ether oxygens (including phenoxy) is 2. The third-order valence-corrected chi connectivity index (χ3v) is 4.32. The molecule has 0 spiro atoms. The van der Waals surface area contributed by atoms with Crippen molar-refractivity contribution >= 4 is 28.5 Å². The molecule has 158 valence electrons. The number of anilines is 1. The lowest BCUT2D eigenvalue weighted by atomic mass is 10.2. The minimum atomic E-state index is -0.423. The first kappa shape index (κ1) is 21.1. The van der Waals surface area contributed by atoms with Crippen LogP contribution in [0.1, 0.15) is 18.2 Å². The first-order valence-corrected chi connectivity index (χ1v) is 9.60. The van der Waals surface area contributed by atoms with Gasteiger partial charge in [-0.25, -0.2) is 9.67 Å². The van der Waals surface area contributed by atoms with E-state index in [1.807, 2.05) is 26.8 Å². The number of pyridine rings is 1. The molecule has 1 aromatic carbocycles. The fraction of sp³-hybridized carbons (Fsp3) is 0.333. The number of aryl methyl sites for hydroxylation is 3. The van der Waals surface area contributed by atoms with Gasteiger partial charge in [0.2, 0.25) is 11.8 Å². The molecule has 0 aliphatic heterocycles. The molecule has 3 aromatic rings. The molecule has 3 rings (SSSR count). The molecule has 0 saturated heterocycles. The number of amides is 2. The monoisotopic (exact) mass is 411 g/mol. The first-order valence-electron chi connectivity index (χ1n) is 9.60. The number of hydrogen-bond donors (Lipinski definition) is 2. The van der Waals surface area contributed by atoms with Gasteiger partial charge in [0.25, 0.3) is 5.91 Å². The summed E-state index contributed by atoms with van der Waals surface area (Å²) in [6.45, 7) is 5.90. The van der Waals surface area contributed by atoms with Crippen molar-refractivity contribution in [1.82, 2.24) is 20.1 Å². The number of carbonyl (C=O) groups is 2. The highest BCUT2D eigenvalue weighted by atomic mass is 16.5. The summed E-state index contributed by atoms with van der Waals surface area (Å²) in [6, 6.07) is 8.93. The maximum atomic E-state index is 12.1. The molecule has 9 nitrogen and oxygen atoms in total. The van der Waals surface area contributed by atoms with Gasteiger partial charge in [-0.2, -0.15) is 0 Å². The molecule has 0 aliphatic carbocycles. The number of aromatic nitrogens is 3. The Hall–Kier alpha value is -3.62. The lowest BCUT2D eigenvalue weighted by molar-refractivity contribution is -0.125. The lowest BCUT2D eigenvalue weighted by Crippen LogP contribution is -2.35. The van der Waals surface area contributed by atoms with E-state index in [-0.39, 0.29) is 19.1 Å². The highest BCUT2D eigenvalue weighted by Crippen LogP contribution is 2.26. The molecule has 2 heterocycles. The molecule has 0 atom stereocenters. The van der Waals surface area contributed by atoms with E-state index in [0.717, 1.165) is 22.4 Å². The molecule has 0 radical (unpaired) electrons. The minimum Gasteiger partial charge on any atom is -0.494 e. The summed E-state index contributed by atoms with van der Waals surface area (Å²) in [7, 11) is 1.77. The van der Waals surface area contributed by atoms with Crippen LogP contribution >= 0.6 is 0 Å². The van der Waals surface area contributed by atoms with Crippen LogP contribution in [0.2, 0.25) is 0 Å². The maximum Gasteiger partial charge on any atom is 0.258 e. The fourth-order valence-corrected chi connectivity index (χ4v) is 3.02. The predicted molar refractivity (Wildman–Crippen MR) is 113 cm³/mol. The van der Waals surface area contributed by atoms with Crippen molar-refractivity contribution in [3.63, 3.8) is 0 Å². The van der Waals surface area contributed by atoms with Crippen LogP contribution in [-0.2, 0) is 16.6 Å². The van der Waals surface area contributed by atoms with Gasteiger partial charge in [-0.15, -0.1) is 5.10 Å². The molecular formula is C21H25N5O4. The Kier molecular flexibility index (Phi) is 6.51. The van der Waals surface area contributed by atoms with Crippen molar-refractivity contribution in [2.45, 2.75) is 20.8 Å². The number of nitrogens with one attached hydrogen (secondary N) is 2. The van der Waals surface area contributed by atoms with Crippen LogP contribution in [0, 0.1) is 13.8 Å². The summed E-state index contributed by atoms with van der Waals surface area (Å²) in [5, 5.41) is 10.3. The number of rotatable bonds is 8. The summed E-state index contributed by atoms with van der Waals surface area (Å²) in [4.78, 5) is 28.6. The van der Waals surface area contributed by atoms with E-state index in [2.05, 4.69) is 20.7 Å². The number of nitrogens with zero attached hydrogens (tertiary/aromatic N) is 3. The smallest absolute Gasteiger partial charge is 0.258 e. The predicted octanol–water partition coefficient (Wildman–Crippen LogP) is 2.12. The van der Waals surface area contributed by atoms with E-state index >= 15 is 0 Å². The van der Waals surface area contributed by atoms with Gasteiger partial charge in [0.15, 0.2) is 12.3 Å². The standard InChI is InChI=1S/C21H25N5O4/c1-5-29-16-8-6-15(7-9-16)24-17(27)11-22-18(28)12-30-21-19-13(2)10-14(3)23-20(19)26(4)25-21/h6-10H,5,11-12H2,1-4H3,(H,22,28)(H,24,27). The number of benzene rings is 1. The quantitative estimate of drug-likeness (QED) is 0.588. The van der Waals surface area contributed by atoms with E-state index in [1.54, 1.807) is 36.0 Å². The Morgan fingerprint density at radius 1 is 1.10 bits per heavy atom. The fourth-order valence-electron chi connectivity index (χ4n) is 3.02. The van der Waals surface area contributed by atoms with Crippen LogP contribution in [0.3, 0.4) is 0 Å². The van der Waals surface area contributed by atoms with E-state index in [0.29, 0.717) is 23.8 Å². The average Bonchev–Trinajstić information content (AvgIpc) is 3.02. The van der Waals surface area contributed by atoms with Gasteiger partial charge < -0.3 is 20.1 Å². The average molecular weight is 411 g/mol. The number of carbonyl (C=O) groups excluding carboxylic acids is 2. The van der Waals surface area contributed by atoms with Gasteiger partial charge >= 0.3 is 0 Å². The molecule has 2 N–H and O–H groups in total. The maximum absolute atomic E-state index is 12.1. The zero-order chi connectivity index (χ0) is 21.7. The summed E-state index contributed by atoms with van der Waals surface area (Å²) >= 11 is 0. The SMILES string of the molecule is CCOc1ccc(NC(=O)CNC(=O)COc2nn(C)c3nc(C)cc(C)c23)cc1. The molecule has 0 bridgehead atoms. The van der Waals surface area contributed by atoms with Gasteiger partial charge in [0.05, 0.1) is 18.5 Å². The third kappa shape index (κ3) is 5.05. The molecule has 0 saturated carbocycles. The second kappa shape index (κ2) is 9.25. The number of fused-ring (bicyclic) bond motifs is 1. The minimum absolute atomic E-state index is 0.169. The van der Waals surface area contributed by atoms with Crippen molar-refractivity contribution in [2.24, 2.45) is 7.05 Å². The normalized spacial score (nSPS) is 10.7. The molecule has 30 heavy (non-hydrogen) atoms. The van der Waals surface area contributed by atoms with Crippen molar-refractivity contribution < 1.29 is 19.1 Å². The van der Waals surface area contributed by atoms with Crippen molar-refractivity contribution in [1.29, 1.82) is 0 Å². The van der Waals surface area contributed by atoms with Crippen LogP contribution in [0.5, 0.6) is 11.6 Å². The summed E-state index contributed by atoms with van der Waals surface area (Å²) in [5.41, 5.74) is 3.16. The van der Waals surface area contributed by atoms with E-state index in [9.17, 15) is 9.59 Å². The Bertz CT molecular complexity index is 1060. The van der Waals surface area contributed by atoms with Crippen LogP contribution < -0.4 is 20.1 Å². The Morgan fingerprint density at radius 3 is 2.53 bits per heavy atom. The van der Waals surface area contributed by atoms with Gasteiger partial charge in [0, 0.05) is 18.4 Å². The molecule has 0 unspecified atom stereocenters. The third-order valence-electron chi connectivity index (χ3n) is 4.32. The van der Waals surface area contributed by atoms with Gasteiger partial charge in [0.1, 0.15) is 5.75 Å². The number of hydrogen-bond acceptors (Lipinski definition) is 6. The van der Waals surface area contributed by atoms with Crippen molar-refractivity contribution in [2.75, 3.05) is 25.1 Å². The summed E-state index contributed by atoms with van der Waals surface area (Å²) in [6.07, 6.45) is 0. The van der Waals surface area contributed by atoms with Crippen molar-refractivity contribution in [3.8, 4) is 11.6 Å². The van der Waals surface area contributed by atoms with E-state index < -0.39 is 5.91 Å². The highest BCUT2D eigenvalue weighted by molar-refractivity contribution is 5.94. The first-order chi connectivity index (χ1) is 14.4. The highest BCUT2D eigenvalue weighted by Gasteiger charge is 2.16. The Labute approximate surface area is 174 Å². The molecular weight excluding hydrogens is 386 g/mol. The zero-order valence-electron chi connectivity index (χ0n) is 17.5. The van der Waals surface area contributed by atoms with E-state index in [1.165, 1.54) is 0 Å². The van der Waals surface area contributed by atoms with Crippen LogP contribution in [0.25, 0.3) is 11.0 Å². The molecule has 9 heteroatoms. The lowest BCUT2D eigenvalue weighted by Gasteiger charge is -2.09. The Balaban J connectivity index is 1.50. The molecule has 2 amide bonds. The molecule has 2 aromatic heterocycles. The van der Waals surface area contributed by atoms with Gasteiger partial charge in [-0.05, 0) is 56.7 Å².